The van der Waals surface area contributed by atoms with E-state index in [9.17, 15) is 36.1 Å². The van der Waals surface area contributed by atoms with Gasteiger partial charge in [0.05, 0.1) is 10.3 Å². The Kier molecular flexibility index (Phi) is 10.5. The summed E-state index contributed by atoms with van der Waals surface area (Å²) in [6.07, 6.45) is 7.92. The number of carbonyl (C=O) groups is 3. The predicted octanol–water partition coefficient (Wildman–Crippen LogP) is 4.91. The molecular weight excluding hydrogens is 687 g/mol. The number of unbranched alkanes of at least 4 members (excludes halogenated alkanes) is 2. The van der Waals surface area contributed by atoms with Crippen molar-refractivity contribution in [2.75, 3.05) is 18.0 Å². The van der Waals surface area contributed by atoms with Crippen LogP contribution in [0.3, 0.4) is 0 Å². The summed E-state index contributed by atoms with van der Waals surface area (Å²) in [5, 5.41) is 0.554. The lowest BCUT2D eigenvalue weighted by Crippen LogP contribution is -2.31. The van der Waals surface area contributed by atoms with Crippen molar-refractivity contribution in [3.63, 3.8) is 0 Å². The summed E-state index contributed by atoms with van der Waals surface area (Å²) in [5.74, 6) is -1.42. The summed E-state index contributed by atoms with van der Waals surface area (Å²) in [6, 6.07) is 9.71. The lowest BCUT2D eigenvalue weighted by molar-refractivity contribution is -0.438. The van der Waals surface area contributed by atoms with Crippen LogP contribution < -0.4 is 9.08 Å². The Morgan fingerprint density at radius 1 is 1.02 bits per heavy atom. The lowest BCUT2D eigenvalue weighted by Gasteiger charge is -2.25. The Morgan fingerprint density at radius 2 is 1.72 bits per heavy atom. The van der Waals surface area contributed by atoms with Crippen LogP contribution in [0.2, 0.25) is 0 Å². The van der Waals surface area contributed by atoms with Crippen LogP contribution in [0.25, 0.3) is 0 Å². The number of benzene rings is 2. The van der Waals surface area contributed by atoms with Gasteiger partial charge in [-0.05, 0) is 75.6 Å². The van der Waals surface area contributed by atoms with Crippen molar-refractivity contribution in [3.05, 3.63) is 71.5 Å². The maximum atomic E-state index is 12.3. The van der Waals surface area contributed by atoms with Crippen LogP contribution in [0.1, 0.15) is 84.3 Å². The van der Waals surface area contributed by atoms with Gasteiger partial charge >= 0.3 is 17.3 Å². The standard InChI is InChI=1S/C35H41N3O10S2/c1-6-36-27-17-15-24(50(44,45)46)22-26(27)35(4,5)29(36)11-10-12-30-34(2,3)25-21-23(48-49(42)43)14-16-28(25)37(30)20-9-7-8-13-33(41)47-38-31(39)18-19-32(38)40/h10-12,14-17,21-22H,6-9,13,18-20H2,1-5H3,(H-,42,43,44,45,46). The highest BCUT2D eigenvalue weighted by Crippen LogP contribution is 2.48. The average molecular weight is 728 g/mol. The number of nitrogens with zero attached hydrogens (tertiary/aromatic N) is 3. The largest absolute Gasteiger partial charge is 0.744 e. The summed E-state index contributed by atoms with van der Waals surface area (Å²) in [7, 11) is -4.62. The predicted molar refractivity (Wildman–Crippen MR) is 184 cm³/mol. The fourth-order valence-corrected chi connectivity index (χ4v) is 7.70. The average Bonchev–Trinajstić information content (AvgIpc) is 3.55. The van der Waals surface area contributed by atoms with Gasteiger partial charge in [-0.25, -0.2) is 13.2 Å². The van der Waals surface area contributed by atoms with Gasteiger partial charge < -0.3 is 18.5 Å². The minimum atomic E-state index is -4.62. The number of anilines is 1. The number of rotatable bonds is 13. The Bertz CT molecular complexity index is 1950. The molecule has 1 saturated heterocycles. The third-order valence-corrected chi connectivity index (χ3v) is 10.6. The molecule has 3 aliphatic heterocycles. The number of imide groups is 1. The Balaban J connectivity index is 1.39. The van der Waals surface area contributed by atoms with Crippen LogP contribution in [0.4, 0.5) is 11.4 Å². The number of hydrogen-bond donors (Lipinski definition) is 1. The maximum absolute atomic E-state index is 12.3. The Hall–Kier alpha value is -4.18. The highest BCUT2D eigenvalue weighted by atomic mass is 32.2. The fraction of sp³-hybridized carbons (Fsp3) is 0.429. The van der Waals surface area contributed by atoms with Crippen LogP contribution in [-0.4, -0.2) is 68.0 Å². The van der Waals surface area contributed by atoms with Crippen molar-refractivity contribution < 1.29 is 49.7 Å². The molecule has 268 valence electrons. The first-order chi connectivity index (χ1) is 23.5. The summed E-state index contributed by atoms with van der Waals surface area (Å²) < 4.78 is 63.4. The normalized spacial score (nSPS) is 19.5. The summed E-state index contributed by atoms with van der Waals surface area (Å²) in [4.78, 5) is 42.6. The number of amides is 2. The molecule has 0 bridgehead atoms. The van der Waals surface area contributed by atoms with E-state index in [1.165, 1.54) is 12.1 Å². The fourth-order valence-electron chi connectivity index (χ4n) is 6.93. The number of hydrogen-bond acceptors (Lipinski definition) is 10. The molecular formula is C35H41N3O10S2. The van der Waals surface area contributed by atoms with E-state index in [0.29, 0.717) is 37.4 Å². The molecule has 0 aromatic heterocycles. The molecule has 2 amide bonds. The highest BCUT2D eigenvalue weighted by Gasteiger charge is 2.45. The summed E-state index contributed by atoms with van der Waals surface area (Å²) >= 11 is -2.49. The van der Waals surface area contributed by atoms with E-state index in [2.05, 4.69) is 9.48 Å². The van der Waals surface area contributed by atoms with E-state index in [0.717, 1.165) is 33.9 Å². The number of fused-ring (bicyclic) bond motifs is 2. The van der Waals surface area contributed by atoms with Crippen LogP contribution >= 0.6 is 0 Å². The van der Waals surface area contributed by atoms with Crippen LogP contribution in [-0.2, 0) is 51.5 Å². The molecule has 3 aliphatic rings. The lowest BCUT2D eigenvalue weighted by atomic mass is 9.81. The second kappa shape index (κ2) is 14.2. The minimum absolute atomic E-state index is 0.0354. The minimum Gasteiger partial charge on any atom is -0.744 e. The topological polar surface area (TPSA) is 174 Å². The van der Waals surface area contributed by atoms with Gasteiger partial charge in [-0.1, -0.05) is 19.9 Å². The first-order valence-electron chi connectivity index (χ1n) is 16.4. The highest BCUT2D eigenvalue weighted by molar-refractivity contribution is 7.85. The molecule has 0 spiro atoms. The van der Waals surface area contributed by atoms with E-state index in [1.54, 1.807) is 18.2 Å². The molecule has 2 aromatic carbocycles. The number of hydroxylamine groups is 2. The second-order valence-corrected chi connectivity index (χ2v) is 15.4. The Labute approximate surface area is 294 Å². The first kappa shape index (κ1) is 37.1. The molecule has 1 atom stereocenters. The molecule has 13 nitrogen and oxygen atoms in total. The molecule has 50 heavy (non-hydrogen) atoms. The van der Waals surface area contributed by atoms with Gasteiger partial charge in [-0.2, -0.15) is 8.78 Å². The van der Waals surface area contributed by atoms with Gasteiger partial charge in [0.2, 0.25) is 5.69 Å². The zero-order chi connectivity index (χ0) is 36.6. The van der Waals surface area contributed by atoms with Gasteiger partial charge in [-0.15, -0.1) is 5.06 Å². The monoisotopic (exact) mass is 727 g/mol. The zero-order valence-corrected chi connectivity index (χ0v) is 30.3. The van der Waals surface area contributed by atoms with Crippen LogP contribution in [0.5, 0.6) is 5.75 Å². The van der Waals surface area contributed by atoms with Gasteiger partial charge in [0.15, 0.2) is 5.71 Å². The van der Waals surface area contributed by atoms with Gasteiger partial charge in [0.1, 0.15) is 22.4 Å². The maximum Gasteiger partial charge on any atom is 0.357 e. The van der Waals surface area contributed by atoms with E-state index in [1.807, 2.05) is 58.9 Å². The molecule has 0 aliphatic carbocycles. The number of carbonyl (C=O) groups excluding carboxylic acids is 3. The molecule has 0 radical (unpaired) electrons. The van der Waals surface area contributed by atoms with Crippen molar-refractivity contribution in [2.45, 2.75) is 88.9 Å². The van der Waals surface area contributed by atoms with Crippen molar-refractivity contribution in [3.8, 4) is 5.75 Å². The molecule has 1 unspecified atom stereocenters. The summed E-state index contributed by atoms with van der Waals surface area (Å²) in [5.41, 5.74) is 4.11. The van der Waals surface area contributed by atoms with E-state index < -0.39 is 50.1 Å². The third-order valence-electron chi connectivity index (χ3n) is 9.47. The third kappa shape index (κ3) is 7.31. The van der Waals surface area contributed by atoms with Crippen LogP contribution in [0, 0.1) is 0 Å². The molecule has 3 heterocycles. The molecule has 5 rings (SSSR count). The van der Waals surface area contributed by atoms with Gasteiger partial charge in [-0.3, -0.25) is 14.1 Å². The quantitative estimate of drug-likeness (QED) is 0.0977. The van der Waals surface area contributed by atoms with E-state index in [4.69, 9.17) is 9.02 Å². The smallest absolute Gasteiger partial charge is 0.357 e. The van der Waals surface area contributed by atoms with Crippen molar-refractivity contribution in [1.29, 1.82) is 0 Å². The van der Waals surface area contributed by atoms with Crippen LogP contribution in [0.15, 0.2) is 65.2 Å². The SMILES string of the molecule is CCN1C(=CC=CC2=[N+](CCCCCC(=O)ON3C(=O)CCC3=O)c3ccc(OS(=O)O)cc3C2(C)C)C(C)(C)c2cc(S(=O)(=O)[O-])ccc21. The molecule has 1 N–H and O–H groups in total. The molecule has 2 aromatic rings. The molecule has 1 fully saturated rings. The number of likely N-dealkylation sites (N-methyl/N-ethyl adjacent to an activating group) is 1. The van der Waals surface area contributed by atoms with Crippen molar-refractivity contribution in [2.24, 2.45) is 0 Å². The zero-order valence-electron chi connectivity index (χ0n) is 28.6. The van der Waals surface area contributed by atoms with Crippen molar-refractivity contribution in [1.82, 2.24) is 5.06 Å². The first-order valence-corrected chi connectivity index (χ1v) is 18.8. The molecule has 0 saturated carbocycles. The Morgan fingerprint density at radius 3 is 2.36 bits per heavy atom. The van der Waals surface area contributed by atoms with E-state index >= 15 is 0 Å². The number of allylic oxidation sites excluding steroid dienone is 4. The van der Waals surface area contributed by atoms with Gasteiger partial charge in [0.25, 0.3) is 11.8 Å². The second-order valence-electron chi connectivity index (χ2n) is 13.4. The molecule has 15 heteroatoms. The van der Waals surface area contributed by atoms with E-state index in [-0.39, 0.29) is 29.9 Å². The van der Waals surface area contributed by atoms with Gasteiger partial charge in [0, 0.05) is 66.7 Å². The van der Waals surface area contributed by atoms with Crippen molar-refractivity contribution >= 4 is 56.3 Å². The summed E-state index contributed by atoms with van der Waals surface area (Å²) in [6.45, 7) is 11.3.